The Hall–Kier alpha value is -5.87. The molecule has 0 aliphatic heterocycles. The fourth-order valence-corrected chi connectivity index (χ4v) is 6.98. The van der Waals surface area contributed by atoms with Crippen LogP contribution in [0.5, 0.6) is 0 Å². The molecule has 8 aromatic rings. The van der Waals surface area contributed by atoms with Crippen molar-refractivity contribution in [3.05, 3.63) is 151 Å². The summed E-state index contributed by atoms with van der Waals surface area (Å²) < 4.78 is 48.4. The van der Waals surface area contributed by atoms with Crippen molar-refractivity contribution in [1.29, 1.82) is 0 Å². The van der Waals surface area contributed by atoms with E-state index >= 15 is 0 Å². The summed E-state index contributed by atoms with van der Waals surface area (Å²) in [5, 5.41) is 1.47. The topological polar surface area (TPSA) is 51.8 Å². The van der Waals surface area contributed by atoms with Crippen molar-refractivity contribution in [3.63, 3.8) is 0 Å². The molecule has 0 bridgehead atoms. The van der Waals surface area contributed by atoms with Gasteiger partial charge in [-0.3, -0.25) is 0 Å². The van der Waals surface area contributed by atoms with Crippen LogP contribution in [0.15, 0.2) is 144 Å². The lowest BCUT2D eigenvalue weighted by Gasteiger charge is -2.24. The molecule has 0 amide bonds. The summed E-state index contributed by atoms with van der Waals surface area (Å²) >= 11 is 0. The molecule has 2 aromatic heterocycles. The zero-order valence-corrected chi connectivity index (χ0v) is 25.1. The third kappa shape index (κ3) is 3.97. The largest absolute Gasteiger partial charge is 0.455 e. The van der Waals surface area contributed by atoms with E-state index in [1.807, 2.05) is 60.7 Å². The second-order valence-electron chi connectivity index (χ2n) is 12.0. The Morgan fingerprint density at radius 3 is 2.02 bits per heavy atom. The highest BCUT2D eigenvalue weighted by Gasteiger charge is 2.38. The molecule has 46 heavy (non-hydrogen) atoms. The van der Waals surface area contributed by atoms with E-state index in [9.17, 15) is 0 Å². The predicted molar refractivity (Wildman–Crippen MR) is 186 cm³/mol. The summed E-state index contributed by atoms with van der Waals surface area (Å²) in [6, 6.07) is 34.0. The molecule has 1 aliphatic rings. The molecular weight excluding hydrogens is 562 g/mol. The number of aromatic nitrogens is 3. The molecule has 6 aromatic carbocycles. The SMILES string of the molecule is [2H]c1c([2H])c([2H])c(-c2cccc3c2oc2cccc(-c4nc(-c5ccccc5)nc(-c5cccc6c5C(C)(C)c5ccccc5-6)n4)c23)c([2H])c1[2H]. The third-order valence-electron chi connectivity index (χ3n) is 9.02. The maximum atomic E-state index is 8.65. The Morgan fingerprint density at radius 2 is 1.17 bits per heavy atom. The van der Waals surface area contributed by atoms with Crippen LogP contribution in [0.4, 0.5) is 0 Å². The molecule has 218 valence electrons. The lowest BCUT2D eigenvalue weighted by molar-refractivity contribution is 0.661. The number of hydrogen-bond acceptors (Lipinski definition) is 4. The minimum Gasteiger partial charge on any atom is -0.455 e. The van der Waals surface area contributed by atoms with Crippen LogP contribution in [0, 0.1) is 0 Å². The highest BCUT2D eigenvalue weighted by atomic mass is 16.3. The van der Waals surface area contributed by atoms with Crippen molar-refractivity contribution in [2.45, 2.75) is 19.3 Å². The number of para-hydroxylation sites is 1. The van der Waals surface area contributed by atoms with E-state index in [0.717, 1.165) is 27.6 Å². The van der Waals surface area contributed by atoms with E-state index in [-0.39, 0.29) is 23.1 Å². The molecule has 0 radical (unpaired) electrons. The fraction of sp³-hybridized carbons (Fsp3) is 0.0714. The van der Waals surface area contributed by atoms with Crippen LogP contribution in [0.3, 0.4) is 0 Å². The van der Waals surface area contributed by atoms with Gasteiger partial charge >= 0.3 is 0 Å². The number of hydrogen-bond donors (Lipinski definition) is 0. The number of benzene rings is 6. The molecule has 2 heterocycles. The van der Waals surface area contributed by atoms with Gasteiger partial charge in [-0.2, -0.15) is 0 Å². The molecule has 0 unspecified atom stereocenters. The first kappa shape index (κ1) is 21.8. The van der Waals surface area contributed by atoms with E-state index in [2.05, 4.69) is 56.3 Å². The van der Waals surface area contributed by atoms with Crippen LogP contribution < -0.4 is 0 Å². The summed E-state index contributed by atoms with van der Waals surface area (Å²) in [7, 11) is 0. The molecule has 0 saturated carbocycles. The van der Waals surface area contributed by atoms with Crippen molar-refractivity contribution in [1.82, 2.24) is 15.0 Å². The first-order chi connectivity index (χ1) is 24.6. The number of nitrogens with zero attached hydrogens (tertiary/aromatic N) is 3. The first-order valence-electron chi connectivity index (χ1n) is 17.7. The Morgan fingerprint density at radius 1 is 0.543 bits per heavy atom. The second-order valence-corrected chi connectivity index (χ2v) is 12.0. The molecular formula is C42H29N3O. The highest BCUT2D eigenvalue weighted by Crippen LogP contribution is 2.52. The number of rotatable bonds is 4. The van der Waals surface area contributed by atoms with Gasteiger partial charge in [0.1, 0.15) is 11.2 Å². The van der Waals surface area contributed by atoms with E-state index in [1.54, 1.807) is 6.07 Å². The van der Waals surface area contributed by atoms with Crippen molar-refractivity contribution in [2.24, 2.45) is 0 Å². The monoisotopic (exact) mass is 596 g/mol. The Balaban J connectivity index is 1.31. The summed E-state index contributed by atoms with van der Waals surface area (Å²) in [6.45, 7) is 4.49. The smallest absolute Gasteiger partial charge is 0.164 e. The third-order valence-corrected chi connectivity index (χ3v) is 9.02. The summed E-state index contributed by atoms with van der Waals surface area (Å²) in [5.74, 6) is 1.55. The van der Waals surface area contributed by atoms with Gasteiger partial charge in [-0.15, -0.1) is 0 Å². The number of furan rings is 1. The van der Waals surface area contributed by atoms with Gasteiger partial charge in [0.25, 0.3) is 0 Å². The standard InChI is InChI=1S/C42H29N3O/c1-42(2)34-24-10-9-18-29(34)30-20-12-23-33(37(30)42)41-44-39(27-16-7-4-8-17-27)43-40(45-41)32-22-13-25-35-36(32)31-21-11-19-28(38(31)46-35)26-14-5-3-6-15-26/h3-25H,1-2H3/i3D,5D,6D,14D,15D. The van der Waals surface area contributed by atoms with E-state index in [1.165, 1.54) is 16.7 Å². The van der Waals surface area contributed by atoms with Gasteiger partial charge in [-0.1, -0.05) is 147 Å². The molecule has 0 N–H and O–H groups in total. The van der Waals surface area contributed by atoms with Crippen LogP contribution in [-0.2, 0) is 5.41 Å². The average molecular weight is 597 g/mol. The fourth-order valence-electron chi connectivity index (χ4n) is 6.98. The molecule has 0 spiro atoms. The molecule has 0 atom stereocenters. The maximum absolute atomic E-state index is 8.65. The summed E-state index contributed by atoms with van der Waals surface area (Å²) in [4.78, 5) is 15.3. The van der Waals surface area contributed by atoms with Crippen LogP contribution in [-0.4, -0.2) is 15.0 Å². The van der Waals surface area contributed by atoms with Crippen molar-refractivity contribution in [2.75, 3.05) is 0 Å². The van der Waals surface area contributed by atoms with Crippen LogP contribution in [0.1, 0.15) is 31.8 Å². The molecule has 4 heteroatoms. The molecule has 9 rings (SSSR count). The predicted octanol–water partition coefficient (Wildman–Crippen LogP) is 10.7. The van der Waals surface area contributed by atoms with Gasteiger partial charge in [0.15, 0.2) is 17.5 Å². The lowest BCUT2D eigenvalue weighted by Crippen LogP contribution is -2.17. The van der Waals surface area contributed by atoms with Crippen LogP contribution in [0.25, 0.3) is 78.4 Å². The normalized spacial score (nSPS) is 14.7. The quantitative estimate of drug-likeness (QED) is 0.203. The first-order valence-corrected chi connectivity index (χ1v) is 15.2. The number of fused-ring (bicyclic) bond motifs is 6. The minimum absolute atomic E-state index is 0.0857. The van der Waals surface area contributed by atoms with Crippen LogP contribution >= 0.6 is 0 Å². The van der Waals surface area contributed by atoms with Crippen molar-refractivity contribution in [3.8, 4) is 56.4 Å². The van der Waals surface area contributed by atoms with Gasteiger partial charge in [0.2, 0.25) is 0 Å². The van der Waals surface area contributed by atoms with Crippen molar-refractivity contribution < 1.29 is 11.3 Å². The minimum atomic E-state index is -0.441. The molecule has 0 saturated heterocycles. The summed E-state index contributed by atoms with van der Waals surface area (Å²) in [5.41, 5.74) is 8.49. The second kappa shape index (κ2) is 10.1. The van der Waals surface area contributed by atoms with E-state index in [4.69, 9.17) is 26.2 Å². The Bertz CT molecular complexity index is 2710. The maximum Gasteiger partial charge on any atom is 0.164 e. The van der Waals surface area contributed by atoms with Crippen LogP contribution in [0.2, 0.25) is 0 Å². The van der Waals surface area contributed by atoms with Gasteiger partial charge < -0.3 is 4.42 Å². The van der Waals surface area contributed by atoms with Gasteiger partial charge in [0.05, 0.1) is 6.85 Å². The Labute approximate surface area is 274 Å². The lowest BCUT2D eigenvalue weighted by atomic mass is 9.80. The summed E-state index contributed by atoms with van der Waals surface area (Å²) in [6.07, 6.45) is 0. The zero-order chi connectivity index (χ0) is 35.2. The molecule has 0 fully saturated rings. The van der Waals surface area contributed by atoms with Crippen molar-refractivity contribution >= 4 is 21.9 Å². The molecule has 4 nitrogen and oxygen atoms in total. The zero-order valence-electron chi connectivity index (χ0n) is 30.1. The van der Waals surface area contributed by atoms with Gasteiger partial charge in [-0.25, -0.2) is 15.0 Å². The Kier molecular flexibility index (Phi) is 4.77. The van der Waals surface area contributed by atoms with E-state index in [0.29, 0.717) is 39.6 Å². The highest BCUT2D eigenvalue weighted by molar-refractivity contribution is 6.15. The van der Waals surface area contributed by atoms with E-state index < -0.39 is 18.1 Å². The van der Waals surface area contributed by atoms with Gasteiger partial charge in [-0.05, 0) is 33.9 Å². The van der Waals surface area contributed by atoms with Gasteiger partial charge in [0, 0.05) is 38.4 Å². The average Bonchev–Trinajstić information content (AvgIpc) is 3.66. The molecule has 1 aliphatic carbocycles.